The molecule has 1 amide bonds. The largest absolute Gasteiger partial charge is 0.353 e. The number of carbonyl (C=O) groups excluding carboxylic acids is 1. The van der Waals surface area contributed by atoms with Crippen molar-refractivity contribution in [3.05, 3.63) is 17.0 Å². The summed E-state index contributed by atoms with van der Waals surface area (Å²) >= 11 is 0. The van der Waals surface area contributed by atoms with E-state index in [1.54, 1.807) is 0 Å². The van der Waals surface area contributed by atoms with Crippen LogP contribution in [0.4, 0.5) is 0 Å². The minimum absolute atomic E-state index is 0.152. The van der Waals surface area contributed by atoms with Gasteiger partial charge in [-0.25, -0.2) is 0 Å². The fourth-order valence-corrected chi connectivity index (χ4v) is 5.05. The maximum atomic E-state index is 12.4. The third kappa shape index (κ3) is 3.89. The van der Waals surface area contributed by atoms with Gasteiger partial charge in [0.2, 0.25) is 5.91 Å². The van der Waals surface area contributed by atoms with Crippen LogP contribution in [0.1, 0.15) is 62.4 Å². The van der Waals surface area contributed by atoms with E-state index in [1.807, 2.05) is 18.5 Å². The number of fused-ring (bicyclic) bond motifs is 2. The predicted octanol–water partition coefficient (Wildman–Crippen LogP) is 3.29. The highest BCUT2D eigenvalue weighted by Gasteiger charge is 2.42. The van der Waals surface area contributed by atoms with E-state index in [0.29, 0.717) is 31.3 Å². The number of nitrogens with one attached hydrogen (secondary N) is 1. The Bertz CT molecular complexity index is 672. The highest BCUT2D eigenvalue weighted by atomic mass is 16.1. The first-order valence-electron chi connectivity index (χ1n) is 9.68. The predicted molar refractivity (Wildman–Crippen MR) is 96.8 cm³/mol. The second-order valence-corrected chi connectivity index (χ2v) is 7.98. The Kier molecular flexibility index (Phi) is 5.46. The Morgan fingerprint density at radius 3 is 2.84 bits per heavy atom. The van der Waals surface area contributed by atoms with Crippen LogP contribution in [0.3, 0.4) is 0 Å². The van der Waals surface area contributed by atoms with Gasteiger partial charge in [0, 0.05) is 18.2 Å². The van der Waals surface area contributed by atoms with Crippen LogP contribution >= 0.6 is 0 Å². The molecule has 1 N–H and O–H groups in total. The first kappa shape index (κ1) is 18.0. The maximum Gasteiger partial charge on any atom is 0.220 e. The van der Waals surface area contributed by atoms with Crippen LogP contribution in [0.5, 0.6) is 0 Å². The van der Waals surface area contributed by atoms with Crippen molar-refractivity contribution >= 4 is 5.91 Å². The van der Waals surface area contributed by atoms with Gasteiger partial charge in [0.05, 0.1) is 24.7 Å². The van der Waals surface area contributed by atoms with E-state index >= 15 is 0 Å². The quantitative estimate of drug-likeness (QED) is 0.826. The van der Waals surface area contributed by atoms with E-state index < -0.39 is 0 Å². The molecule has 2 bridgehead atoms. The molecule has 2 fully saturated rings. The zero-order valence-corrected chi connectivity index (χ0v) is 15.7. The monoisotopic (exact) mass is 342 g/mol. The van der Waals surface area contributed by atoms with Crippen molar-refractivity contribution in [2.24, 2.45) is 17.8 Å². The molecule has 0 spiro atoms. The number of hydrogen-bond donors (Lipinski definition) is 1. The lowest BCUT2D eigenvalue weighted by atomic mass is 9.84. The Balaban J connectivity index is 1.51. The number of aromatic nitrogens is 2. The van der Waals surface area contributed by atoms with E-state index in [2.05, 4.69) is 23.4 Å². The fraction of sp³-hybridized carbons (Fsp3) is 0.750. The van der Waals surface area contributed by atoms with E-state index in [-0.39, 0.29) is 5.91 Å². The van der Waals surface area contributed by atoms with Gasteiger partial charge in [0.25, 0.3) is 0 Å². The topological polar surface area (TPSA) is 70.7 Å². The lowest BCUT2D eigenvalue weighted by Crippen LogP contribution is -2.40. The molecule has 2 aliphatic rings. The molecule has 25 heavy (non-hydrogen) atoms. The molecule has 5 nitrogen and oxygen atoms in total. The van der Waals surface area contributed by atoms with Gasteiger partial charge in [-0.1, -0.05) is 6.42 Å². The molecule has 4 atom stereocenters. The summed E-state index contributed by atoms with van der Waals surface area (Å²) in [5, 5.41) is 16.5. The molecule has 1 heterocycles. The van der Waals surface area contributed by atoms with Gasteiger partial charge in [-0.3, -0.25) is 9.48 Å². The zero-order chi connectivity index (χ0) is 18.0. The van der Waals surface area contributed by atoms with Crippen molar-refractivity contribution in [1.29, 1.82) is 5.26 Å². The summed E-state index contributed by atoms with van der Waals surface area (Å²) in [5.41, 5.74) is 3.21. The summed E-state index contributed by atoms with van der Waals surface area (Å²) in [6, 6.07) is 2.45. The summed E-state index contributed by atoms with van der Waals surface area (Å²) in [7, 11) is 0. The number of nitrogens with zero attached hydrogens (tertiary/aromatic N) is 3. The normalized spacial score (nSPS) is 25.8. The standard InChI is InChI=1S/C20H30N4O/c1-13(19-12-16-5-6-17(19)11-16)22-20(25)8-7-18-14(2)23-24(15(18)3)10-4-9-21/h13,16-17,19H,4-8,10-12H2,1-3H3,(H,22,25). The third-order valence-corrected chi connectivity index (χ3v) is 6.39. The molecule has 1 aromatic heterocycles. The summed E-state index contributed by atoms with van der Waals surface area (Å²) in [6.45, 7) is 6.82. The lowest BCUT2D eigenvalue weighted by molar-refractivity contribution is -0.122. The van der Waals surface area contributed by atoms with Crippen LogP contribution in [-0.2, 0) is 17.8 Å². The highest BCUT2D eigenvalue weighted by molar-refractivity contribution is 5.76. The van der Waals surface area contributed by atoms with Gasteiger partial charge in [-0.05, 0) is 69.8 Å². The number of rotatable bonds is 7. The average molecular weight is 342 g/mol. The van der Waals surface area contributed by atoms with Crippen molar-refractivity contribution < 1.29 is 4.79 Å². The molecule has 3 rings (SSSR count). The van der Waals surface area contributed by atoms with Crippen LogP contribution in [-0.4, -0.2) is 21.7 Å². The number of nitriles is 1. The van der Waals surface area contributed by atoms with E-state index in [9.17, 15) is 4.79 Å². The summed E-state index contributed by atoms with van der Waals surface area (Å²) in [5.74, 6) is 2.58. The first-order chi connectivity index (χ1) is 12.0. The molecular formula is C20H30N4O. The molecule has 0 aromatic carbocycles. The maximum absolute atomic E-state index is 12.4. The van der Waals surface area contributed by atoms with Gasteiger partial charge in [0.1, 0.15) is 0 Å². The Labute approximate surface area is 150 Å². The minimum atomic E-state index is 0.152. The molecule has 0 aliphatic heterocycles. The van der Waals surface area contributed by atoms with Crippen molar-refractivity contribution in [2.45, 2.75) is 78.3 Å². The molecule has 136 valence electrons. The number of amides is 1. The van der Waals surface area contributed by atoms with Crippen LogP contribution in [0.15, 0.2) is 0 Å². The number of aryl methyl sites for hydroxylation is 2. The molecule has 4 unspecified atom stereocenters. The molecule has 0 radical (unpaired) electrons. The van der Waals surface area contributed by atoms with E-state index in [4.69, 9.17) is 5.26 Å². The SMILES string of the molecule is Cc1nn(CCC#N)c(C)c1CCC(=O)NC(C)C1CC2CCC1C2. The van der Waals surface area contributed by atoms with Gasteiger partial charge in [0.15, 0.2) is 0 Å². The van der Waals surface area contributed by atoms with E-state index in [0.717, 1.165) is 35.2 Å². The average Bonchev–Trinajstić information content (AvgIpc) is 3.27. The van der Waals surface area contributed by atoms with Crippen LogP contribution < -0.4 is 5.32 Å². The van der Waals surface area contributed by atoms with Gasteiger partial charge < -0.3 is 5.32 Å². The number of carbonyl (C=O) groups is 1. The van der Waals surface area contributed by atoms with Crippen molar-refractivity contribution in [1.82, 2.24) is 15.1 Å². The van der Waals surface area contributed by atoms with Gasteiger partial charge in [-0.15, -0.1) is 0 Å². The number of hydrogen-bond acceptors (Lipinski definition) is 3. The molecule has 2 aliphatic carbocycles. The minimum Gasteiger partial charge on any atom is -0.353 e. The molecule has 1 aromatic rings. The first-order valence-corrected chi connectivity index (χ1v) is 9.68. The zero-order valence-electron chi connectivity index (χ0n) is 15.7. The van der Waals surface area contributed by atoms with Gasteiger partial charge >= 0.3 is 0 Å². The Hall–Kier alpha value is -1.83. The lowest BCUT2D eigenvalue weighted by Gasteiger charge is -2.28. The van der Waals surface area contributed by atoms with Crippen LogP contribution in [0.2, 0.25) is 0 Å². The van der Waals surface area contributed by atoms with Crippen molar-refractivity contribution in [3.63, 3.8) is 0 Å². The smallest absolute Gasteiger partial charge is 0.220 e. The van der Waals surface area contributed by atoms with Crippen LogP contribution in [0, 0.1) is 42.9 Å². The molecule has 0 saturated heterocycles. The van der Waals surface area contributed by atoms with Crippen LogP contribution in [0.25, 0.3) is 0 Å². The van der Waals surface area contributed by atoms with E-state index in [1.165, 1.54) is 25.7 Å². The molecule has 2 saturated carbocycles. The summed E-state index contributed by atoms with van der Waals surface area (Å²) in [4.78, 5) is 12.4. The Morgan fingerprint density at radius 2 is 2.20 bits per heavy atom. The molecular weight excluding hydrogens is 312 g/mol. The van der Waals surface area contributed by atoms with Crippen molar-refractivity contribution in [2.75, 3.05) is 0 Å². The third-order valence-electron chi connectivity index (χ3n) is 6.39. The highest BCUT2D eigenvalue weighted by Crippen LogP contribution is 2.49. The Morgan fingerprint density at radius 1 is 1.40 bits per heavy atom. The molecule has 5 heteroatoms. The second-order valence-electron chi connectivity index (χ2n) is 7.98. The van der Waals surface area contributed by atoms with Gasteiger partial charge in [-0.2, -0.15) is 10.4 Å². The summed E-state index contributed by atoms with van der Waals surface area (Å²) < 4.78 is 1.89. The summed E-state index contributed by atoms with van der Waals surface area (Å²) in [6.07, 6.45) is 7.13. The second kappa shape index (κ2) is 7.59. The fourth-order valence-electron chi connectivity index (χ4n) is 5.05. The van der Waals surface area contributed by atoms with Crippen molar-refractivity contribution in [3.8, 4) is 6.07 Å².